The number of hydrogen-bond donors (Lipinski definition) is 5. The van der Waals surface area contributed by atoms with Gasteiger partial charge in [-0.3, -0.25) is 24.0 Å². The third-order valence-electron chi connectivity index (χ3n) is 24.4. The number of carbonyl (C=O) groups excluding carboxylic acids is 7. The fourth-order valence-electron chi connectivity index (χ4n) is 18.8. The monoisotopic (exact) mass is 1510 g/mol. The van der Waals surface area contributed by atoms with Gasteiger partial charge in [-0.15, -0.1) is 0 Å². The lowest BCUT2D eigenvalue weighted by molar-refractivity contribution is 0.0281. The van der Waals surface area contributed by atoms with Crippen molar-refractivity contribution in [2.24, 2.45) is 22.0 Å². The number of aromatic carboxylic acids is 1. The number of carbonyl (C=O) groups is 8. The smallest absolute Gasteiger partial charge is 0.410 e. The molecule has 4 amide bonds. The van der Waals surface area contributed by atoms with Gasteiger partial charge in [0, 0.05) is 117 Å². The number of nitrogens with one attached hydrogen (secondary N) is 3. The Balaban J connectivity index is 0.000000131. The molecule has 9 aliphatic rings. The highest BCUT2D eigenvalue weighted by atomic mass is 16.6. The Morgan fingerprint density at radius 1 is 0.505 bits per heavy atom. The first-order chi connectivity index (χ1) is 52.3. The molecule has 2 aliphatic heterocycles. The summed E-state index contributed by atoms with van der Waals surface area (Å²) in [5.41, 5.74) is 15.9. The van der Waals surface area contributed by atoms with Crippen LogP contribution in [0.3, 0.4) is 0 Å². The average Bonchev–Trinajstić information content (AvgIpc) is 1.54. The van der Waals surface area contributed by atoms with Gasteiger partial charge in [-0.2, -0.15) is 0 Å². The first kappa shape index (κ1) is 77.9. The van der Waals surface area contributed by atoms with Crippen LogP contribution in [0.2, 0.25) is 0 Å². The zero-order valence-corrected chi connectivity index (χ0v) is 67.1. The second kappa shape index (κ2) is 28.8. The number of Topliss-reactive ketones (excluding diaryl/α,β-unsaturated/α-hetero) is 3. The summed E-state index contributed by atoms with van der Waals surface area (Å²) < 4.78 is 25.6. The average molecular weight is 1510 g/mol. The van der Waals surface area contributed by atoms with Crippen LogP contribution in [0.15, 0.2) is 103 Å². The number of carboxylic acids is 1. The fraction of sp³-hybridized carbons (Fsp3) is 0.511. The molecule has 2 unspecified atom stereocenters. The van der Waals surface area contributed by atoms with Crippen LogP contribution in [0.4, 0.5) is 9.59 Å². The number of amides is 4. The van der Waals surface area contributed by atoms with E-state index in [9.17, 15) is 43.5 Å². The third-order valence-corrected chi connectivity index (χ3v) is 24.4. The topological polar surface area (TPSA) is 276 Å². The number of ketones is 3. The summed E-state index contributed by atoms with van der Waals surface area (Å²) in [4.78, 5) is 109. The van der Waals surface area contributed by atoms with Crippen molar-refractivity contribution in [1.29, 1.82) is 0 Å². The number of benzene rings is 5. The van der Waals surface area contributed by atoms with E-state index in [1.54, 1.807) is 36.2 Å². The van der Waals surface area contributed by atoms with Gasteiger partial charge < -0.3 is 64.3 Å². The van der Waals surface area contributed by atoms with Gasteiger partial charge in [-0.1, -0.05) is 78.6 Å². The van der Waals surface area contributed by atoms with Crippen LogP contribution < -0.4 is 25.8 Å². The summed E-state index contributed by atoms with van der Waals surface area (Å²) >= 11 is 0. The molecule has 0 bridgehead atoms. The highest BCUT2D eigenvalue weighted by Gasteiger charge is 2.60. The molecule has 4 saturated carbocycles. The Labute approximate surface area is 650 Å². The van der Waals surface area contributed by atoms with Crippen molar-refractivity contribution in [3.05, 3.63) is 165 Å². The number of methoxy groups -OCH3 is 2. The SMILES string of the molecule is CC(C)(C)OC(=O)N1CCC(N)C1.CC1(C)CC2(CC2)c2c([nH]c3ccc(C(=O)NC4CCCC4)cc23)C1=O.COc1ccc(Cn2c3c(c4cc(C(=O)NC5CCN(C(=O)OC(C)(C)C)C5)ccc42)C2(CC2)CC(C)(C)C3=O)cc1.COc1ccc(Cn2c3c(c4cc(C(=O)O)ccc42)C2(CC2)CC(C)(C)C3=O)cc1. The van der Waals surface area contributed by atoms with Gasteiger partial charge in [0.15, 0.2) is 17.3 Å². The normalized spacial score (nSPS) is 20.9. The molecule has 0 radical (unpaired) electrons. The highest BCUT2D eigenvalue weighted by molar-refractivity contribution is 6.12. The van der Waals surface area contributed by atoms with Gasteiger partial charge in [-0.05, 0) is 248 Å². The minimum Gasteiger partial charge on any atom is -0.497 e. The number of likely N-dealkylation sites (tertiary alicyclic amines) is 2. The van der Waals surface area contributed by atoms with Gasteiger partial charge >= 0.3 is 18.2 Å². The molecule has 588 valence electrons. The maximum Gasteiger partial charge on any atom is 0.410 e. The number of carboxylic acid groups (broad SMARTS) is 1. The second-order valence-electron chi connectivity index (χ2n) is 37.0. The van der Waals surface area contributed by atoms with E-state index in [1.807, 2.05) is 146 Å². The number of aromatic nitrogens is 3. The maximum atomic E-state index is 14.0. The predicted octanol–water partition coefficient (Wildman–Crippen LogP) is 16.6. The minimum absolute atomic E-state index is 0.00667. The Kier molecular flexibility index (Phi) is 20.2. The largest absolute Gasteiger partial charge is 0.497 e. The first-order valence-corrected chi connectivity index (χ1v) is 39.8. The first-order valence-electron chi connectivity index (χ1n) is 39.8. The van der Waals surface area contributed by atoms with Crippen LogP contribution in [0, 0.1) is 16.2 Å². The zero-order valence-electron chi connectivity index (χ0n) is 67.1. The summed E-state index contributed by atoms with van der Waals surface area (Å²) in [6.45, 7) is 26.9. The van der Waals surface area contributed by atoms with E-state index >= 15 is 0 Å². The van der Waals surface area contributed by atoms with Crippen LogP contribution in [0.25, 0.3) is 32.7 Å². The molecular formula is C90H110N8O13. The van der Waals surface area contributed by atoms with Gasteiger partial charge in [0.05, 0.1) is 36.9 Å². The van der Waals surface area contributed by atoms with Crippen molar-refractivity contribution in [2.75, 3.05) is 40.4 Å². The molecule has 8 aromatic rings. The molecule has 7 aliphatic carbocycles. The summed E-state index contributed by atoms with van der Waals surface area (Å²) in [5.74, 6) is 1.00. The maximum absolute atomic E-state index is 14.0. The van der Waals surface area contributed by atoms with E-state index in [0.29, 0.717) is 56.3 Å². The number of nitrogens with zero attached hydrogens (tertiary/aromatic N) is 4. The van der Waals surface area contributed by atoms with Crippen molar-refractivity contribution in [1.82, 2.24) is 34.6 Å². The molecular weight excluding hydrogens is 1400 g/mol. The van der Waals surface area contributed by atoms with Crippen LogP contribution >= 0.6 is 0 Å². The van der Waals surface area contributed by atoms with Crippen LogP contribution in [-0.4, -0.2) is 146 Å². The molecule has 21 heteroatoms. The molecule has 6 fully saturated rings. The van der Waals surface area contributed by atoms with Gasteiger partial charge in [0.25, 0.3) is 11.8 Å². The molecule has 111 heavy (non-hydrogen) atoms. The van der Waals surface area contributed by atoms with Crippen LogP contribution in [-0.2, 0) is 38.8 Å². The van der Waals surface area contributed by atoms with Crippen molar-refractivity contribution >= 4 is 80.0 Å². The van der Waals surface area contributed by atoms with Crippen molar-refractivity contribution < 1.29 is 62.4 Å². The standard InChI is InChI=1S/C34H41N3O5.C25H25NO4.C22H26N2O2.C9H18N2O2/c1-32(2,3)42-31(40)36-16-13-23(19-36)35-30(39)22-9-12-26-25(17-22)27-28(29(38)33(4,5)20-34(27)14-15-34)37(26)18-21-7-10-24(41-6)11-8-21;1-24(2)14-25(10-11-25)20-18-12-16(23(28)29)6-9-19(18)26(21(20)22(24)27)13-15-4-7-17(30-3)8-5-15;1-21(2)12-22(9-10-22)17-15-11-13(20(26)23-14-5-3-4-6-14)7-8-16(15)24-18(17)19(21)25;1-9(2,3)13-8(12)11-5-4-7(10)6-11/h7-12,17,23H,13-16,18-20H2,1-6H3,(H,35,39);4-9,12H,10-11,13-14H2,1-3H3,(H,28,29);7-8,11,14,24H,3-6,9-10,12H2,1-2H3,(H,23,26);7H,4-6,10H2,1-3H3. The summed E-state index contributed by atoms with van der Waals surface area (Å²) in [6, 6.07) is 33.0. The Hall–Kier alpha value is -9.76. The minimum atomic E-state index is -0.944. The van der Waals surface area contributed by atoms with E-state index in [1.165, 1.54) is 18.4 Å². The fourth-order valence-corrected chi connectivity index (χ4v) is 18.8. The Bertz CT molecular complexity index is 5040. The number of aromatic amines is 1. The van der Waals surface area contributed by atoms with Crippen LogP contribution in [0.5, 0.6) is 11.5 Å². The molecule has 21 nitrogen and oxygen atoms in total. The second-order valence-corrected chi connectivity index (χ2v) is 37.0. The summed E-state index contributed by atoms with van der Waals surface area (Å²) in [6.07, 6.45) is 14.6. The molecule has 17 rings (SSSR count). The highest BCUT2D eigenvalue weighted by Crippen LogP contribution is 2.64. The lowest BCUT2D eigenvalue weighted by atomic mass is 9.68. The summed E-state index contributed by atoms with van der Waals surface area (Å²) in [7, 11) is 3.29. The molecule has 5 heterocycles. The number of rotatable bonds is 11. The Morgan fingerprint density at radius 3 is 1.34 bits per heavy atom. The summed E-state index contributed by atoms with van der Waals surface area (Å²) in [5, 5.41) is 18.8. The molecule has 2 atom stereocenters. The van der Waals surface area contributed by atoms with Gasteiger partial charge in [-0.25, -0.2) is 14.4 Å². The van der Waals surface area contributed by atoms with E-state index in [-0.39, 0.29) is 80.7 Å². The molecule has 5 aromatic carbocycles. The number of hydrogen-bond acceptors (Lipinski definition) is 13. The Morgan fingerprint density at radius 2 is 0.910 bits per heavy atom. The third kappa shape index (κ3) is 15.6. The number of H-pyrrole nitrogens is 1. The zero-order chi connectivity index (χ0) is 79.4. The van der Waals surface area contributed by atoms with Crippen molar-refractivity contribution in [3.63, 3.8) is 0 Å². The predicted molar refractivity (Wildman–Crippen MR) is 428 cm³/mol. The number of nitrogens with two attached hydrogens (primary N) is 1. The van der Waals surface area contributed by atoms with E-state index in [2.05, 4.69) is 52.4 Å². The lowest BCUT2D eigenvalue weighted by Crippen LogP contribution is -2.40. The molecule has 6 N–H and O–H groups in total. The molecule has 3 aromatic heterocycles. The van der Waals surface area contributed by atoms with E-state index in [4.69, 9.17) is 24.7 Å². The van der Waals surface area contributed by atoms with Gasteiger partial charge in [0.2, 0.25) is 0 Å². The van der Waals surface area contributed by atoms with E-state index in [0.717, 1.165) is 167 Å². The van der Waals surface area contributed by atoms with E-state index < -0.39 is 28.0 Å². The molecule has 2 saturated heterocycles. The quantitative estimate of drug-likeness (QED) is 0.0806. The van der Waals surface area contributed by atoms with Gasteiger partial charge in [0.1, 0.15) is 22.7 Å². The van der Waals surface area contributed by atoms with Crippen molar-refractivity contribution in [2.45, 2.75) is 238 Å². The lowest BCUT2D eigenvalue weighted by Gasteiger charge is -2.35. The van der Waals surface area contributed by atoms with Crippen LogP contribution in [0.1, 0.15) is 270 Å². The number of ether oxygens (including phenoxy) is 4. The number of fused-ring (bicyclic) bond motifs is 12. The molecule has 3 spiro atoms. The van der Waals surface area contributed by atoms with Crippen molar-refractivity contribution in [3.8, 4) is 11.5 Å².